The first kappa shape index (κ1) is 25.0. The fraction of sp³-hybridized carbons (Fsp3) is 0.381. The van der Waals surface area contributed by atoms with Crippen molar-refractivity contribution < 1.29 is 39.9 Å². The molecule has 3 aliphatic carbocycles. The minimum atomic E-state index is -2.77. The molecule has 0 spiro atoms. The van der Waals surface area contributed by atoms with Crippen molar-refractivity contribution >= 4 is 47.2 Å². The molecular weight excluding hydrogens is 479 g/mol. The highest BCUT2D eigenvalue weighted by Gasteiger charge is 2.65. The van der Waals surface area contributed by atoms with Gasteiger partial charge in [0.1, 0.15) is 22.8 Å². The first-order valence-corrected chi connectivity index (χ1v) is 10.1. The number of aliphatic hydroxyl groups is 4. The number of phenols is 1. The first-order valence-electron chi connectivity index (χ1n) is 9.69. The van der Waals surface area contributed by atoms with Gasteiger partial charge in [-0.1, -0.05) is 11.6 Å². The quantitative estimate of drug-likeness (QED) is 0.315. The molecule has 1 aromatic rings. The van der Waals surface area contributed by atoms with E-state index in [2.05, 4.69) is 0 Å². The molecular formula is C21H22Cl2N2O8. The number of primary amides is 1. The van der Waals surface area contributed by atoms with Crippen LogP contribution in [-0.2, 0) is 14.4 Å². The topological polar surface area (TPSA) is 182 Å². The van der Waals surface area contributed by atoms with E-state index in [0.717, 1.165) is 0 Å². The Labute approximate surface area is 199 Å². The zero-order chi connectivity index (χ0) is 23.9. The van der Waals surface area contributed by atoms with Crippen LogP contribution in [0.1, 0.15) is 23.7 Å². The van der Waals surface area contributed by atoms with Gasteiger partial charge >= 0.3 is 0 Å². The molecule has 12 heteroatoms. The summed E-state index contributed by atoms with van der Waals surface area (Å²) < 4.78 is 0. The molecule has 4 rings (SSSR count). The average Bonchev–Trinajstić information content (AvgIpc) is 2.69. The summed E-state index contributed by atoms with van der Waals surface area (Å²) in [5, 5.41) is 54.4. The van der Waals surface area contributed by atoms with Gasteiger partial charge in [0.2, 0.25) is 5.78 Å². The SMILES string of the molecule is CN(C)C1C(=O)C(C(N)=O)=C(O)[C@]2(O)C(=O)C3=C(O)c4c(O)ccc(Cl)c4[C@H](O)[C@@H]3C[C@H]12.Cl. The Kier molecular flexibility index (Phi) is 6.06. The fourth-order valence-electron chi connectivity index (χ4n) is 5.24. The number of likely N-dealkylation sites (N-methyl/N-ethyl adjacent to an activating group) is 1. The van der Waals surface area contributed by atoms with Crippen LogP contribution in [0.5, 0.6) is 5.75 Å². The van der Waals surface area contributed by atoms with E-state index in [4.69, 9.17) is 17.3 Å². The molecule has 0 bridgehead atoms. The smallest absolute Gasteiger partial charge is 0.255 e. The Morgan fingerprint density at radius 3 is 2.36 bits per heavy atom. The van der Waals surface area contributed by atoms with E-state index in [1.807, 2.05) is 0 Å². The number of nitrogens with zero attached hydrogens (tertiary/aromatic N) is 1. The van der Waals surface area contributed by atoms with Gasteiger partial charge in [-0.25, -0.2) is 0 Å². The number of aromatic hydroxyl groups is 1. The second-order valence-corrected chi connectivity index (χ2v) is 8.87. The first-order chi connectivity index (χ1) is 14.8. The third kappa shape index (κ3) is 3.09. The van der Waals surface area contributed by atoms with Gasteiger partial charge in [-0.2, -0.15) is 0 Å². The molecule has 1 aromatic carbocycles. The molecule has 1 unspecified atom stereocenters. The van der Waals surface area contributed by atoms with E-state index >= 15 is 0 Å². The zero-order valence-electron chi connectivity index (χ0n) is 17.4. The number of phenolic OH excluding ortho intramolecular Hbond substituents is 1. The molecule has 33 heavy (non-hydrogen) atoms. The van der Waals surface area contributed by atoms with Crippen molar-refractivity contribution in [2.45, 2.75) is 24.2 Å². The fourth-order valence-corrected chi connectivity index (χ4v) is 5.51. The lowest BCUT2D eigenvalue weighted by Crippen LogP contribution is -2.66. The number of carbonyl (C=O) groups is 3. The van der Waals surface area contributed by atoms with Crippen LogP contribution in [0.15, 0.2) is 29.0 Å². The van der Waals surface area contributed by atoms with Gasteiger partial charge in [0.15, 0.2) is 11.4 Å². The predicted octanol–water partition coefficient (Wildman–Crippen LogP) is 0.530. The summed E-state index contributed by atoms with van der Waals surface area (Å²) >= 11 is 6.19. The number of hydrogen-bond acceptors (Lipinski definition) is 9. The molecule has 0 aliphatic heterocycles. The number of amides is 1. The summed E-state index contributed by atoms with van der Waals surface area (Å²) in [6, 6.07) is 1.25. The number of carbonyl (C=O) groups excluding carboxylic acids is 3. The number of fused-ring (bicyclic) bond motifs is 3. The van der Waals surface area contributed by atoms with E-state index < -0.39 is 75.5 Å². The highest BCUT2D eigenvalue weighted by Crippen LogP contribution is 2.56. The number of rotatable bonds is 2. The highest BCUT2D eigenvalue weighted by atomic mass is 35.5. The average molecular weight is 501 g/mol. The predicted molar refractivity (Wildman–Crippen MR) is 118 cm³/mol. The maximum Gasteiger partial charge on any atom is 0.255 e. The summed E-state index contributed by atoms with van der Waals surface area (Å²) in [4.78, 5) is 39.8. The van der Waals surface area contributed by atoms with Crippen molar-refractivity contribution in [3.05, 3.63) is 45.2 Å². The number of ketones is 2. The molecule has 0 aromatic heterocycles. The van der Waals surface area contributed by atoms with E-state index in [0.29, 0.717) is 0 Å². The lowest BCUT2D eigenvalue weighted by molar-refractivity contribution is -0.155. The zero-order valence-corrected chi connectivity index (χ0v) is 19.0. The lowest BCUT2D eigenvalue weighted by Gasteiger charge is -2.51. The van der Waals surface area contributed by atoms with Crippen molar-refractivity contribution in [3.63, 3.8) is 0 Å². The standard InChI is InChI=1S/C21H21ClN2O8.ClH/c1-24(2)14-7-5-6-10(16(27)12-9(25)4-3-8(22)11(12)15(6)26)18(29)21(7,32)19(30)13(17(14)28)20(23)31;/h3-4,6-7,14-15,25-27,30,32H,5H2,1-2H3,(H2,23,31);1H/t6-,7-,14?,15-,21-;/m1./s1. The van der Waals surface area contributed by atoms with Crippen LogP contribution in [0.25, 0.3) is 5.76 Å². The van der Waals surface area contributed by atoms with E-state index in [-0.39, 0.29) is 35.0 Å². The summed E-state index contributed by atoms with van der Waals surface area (Å²) in [5.41, 5.74) is 0.845. The molecule has 0 radical (unpaired) electrons. The summed E-state index contributed by atoms with van der Waals surface area (Å²) in [6.45, 7) is 0. The summed E-state index contributed by atoms with van der Waals surface area (Å²) in [6.07, 6.45) is -1.70. The molecule has 10 nitrogen and oxygen atoms in total. The number of Topliss-reactive ketones (excluding diaryl/α,β-unsaturated/α-hetero) is 2. The third-order valence-corrected chi connectivity index (χ3v) is 6.97. The number of benzene rings is 1. The van der Waals surface area contributed by atoms with E-state index in [1.54, 1.807) is 0 Å². The normalized spacial score (nSPS) is 31.1. The van der Waals surface area contributed by atoms with Crippen molar-refractivity contribution in [2.75, 3.05) is 14.1 Å². The van der Waals surface area contributed by atoms with Crippen molar-refractivity contribution in [1.82, 2.24) is 4.90 Å². The maximum absolute atomic E-state index is 13.6. The van der Waals surface area contributed by atoms with E-state index in [9.17, 15) is 39.9 Å². The number of hydrogen-bond donors (Lipinski definition) is 6. The van der Waals surface area contributed by atoms with Gasteiger partial charge in [0.05, 0.1) is 17.7 Å². The molecule has 1 saturated carbocycles. The van der Waals surface area contributed by atoms with Crippen molar-refractivity contribution in [1.29, 1.82) is 0 Å². The van der Waals surface area contributed by atoms with Gasteiger partial charge < -0.3 is 31.3 Å². The molecule has 0 heterocycles. The Bertz CT molecular complexity index is 1160. The number of nitrogens with two attached hydrogens (primary N) is 1. The van der Waals surface area contributed by atoms with Crippen LogP contribution in [0.4, 0.5) is 0 Å². The minimum absolute atomic E-state index is 0. The summed E-state index contributed by atoms with van der Waals surface area (Å²) in [7, 11) is 2.97. The second kappa shape index (κ2) is 8.00. The van der Waals surface area contributed by atoms with Gasteiger partial charge in [0.25, 0.3) is 5.91 Å². The molecule has 5 atom stereocenters. The Balaban J connectivity index is 0.00000306. The number of halogens is 2. The Morgan fingerprint density at radius 2 is 1.82 bits per heavy atom. The minimum Gasteiger partial charge on any atom is -0.508 e. The van der Waals surface area contributed by atoms with Gasteiger partial charge in [-0.05, 0) is 32.6 Å². The molecule has 0 saturated heterocycles. The largest absolute Gasteiger partial charge is 0.508 e. The van der Waals surface area contributed by atoms with Crippen LogP contribution in [0, 0.1) is 11.8 Å². The van der Waals surface area contributed by atoms with Gasteiger partial charge in [-0.15, -0.1) is 12.4 Å². The van der Waals surface area contributed by atoms with Crippen molar-refractivity contribution in [2.24, 2.45) is 17.6 Å². The van der Waals surface area contributed by atoms with Gasteiger partial charge in [-0.3, -0.25) is 19.3 Å². The third-order valence-electron chi connectivity index (χ3n) is 6.64. The van der Waals surface area contributed by atoms with Crippen molar-refractivity contribution in [3.8, 4) is 5.75 Å². The van der Waals surface area contributed by atoms with Crippen LogP contribution >= 0.6 is 24.0 Å². The van der Waals surface area contributed by atoms with Crippen LogP contribution in [-0.4, -0.2) is 73.6 Å². The highest BCUT2D eigenvalue weighted by molar-refractivity contribution is 6.32. The van der Waals surface area contributed by atoms with Crippen LogP contribution < -0.4 is 5.73 Å². The second-order valence-electron chi connectivity index (χ2n) is 8.47. The molecule has 7 N–H and O–H groups in total. The maximum atomic E-state index is 13.6. The van der Waals surface area contributed by atoms with Crippen LogP contribution in [0.3, 0.4) is 0 Å². The monoisotopic (exact) mass is 500 g/mol. The Hall–Kier alpha value is -2.63. The van der Waals surface area contributed by atoms with Gasteiger partial charge in [0, 0.05) is 28.0 Å². The Morgan fingerprint density at radius 1 is 1.21 bits per heavy atom. The number of aliphatic hydroxyl groups excluding tert-OH is 3. The molecule has 1 amide bonds. The molecule has 178 valence electrons. The molecule has 1 fully saturated rings. The molecule has 3 aliphatic rings. The lowest BCUT2D eigenvalue weighted by atomic mass is 9.57. The van der Waals surface area contributed by atoms with Crippen LogP contribution in [0.2, 0.25) is 5.02 Å². The van der Waals surface area contributed by atoms with E-state index in [1.165, 1.54) is 31.1 Å². The summed E-state index contributed by atoms with van der Waals surface area (Å²) in [5.74, 6) is -8.19.